The Hall–Kier alpha value is -1.70. The molecule has 1 atom stereocenters. The number of furan rings is 1. The maximum absolute atomic E-state index is 12.4. The summed E-state index contributed by atoms with van der Waals surface area (Å²) in [5, 5.41) is 1.62. The third-order valence-corrected chi connectivity index (χ3v) is 6.85. The third kappa shape index (κ3) is 10.5. The number of carbonyl (C=O) groups is 1. The summed E-state index contributed by atoms with van der Waals surface area (Å²) in [6.45, 7) is 23.5. The topological polar surface area (TPSA) is 43.1 Å². The summed E-state index contributed by atoms with van der Waals surface area (Å²) < 4.78 is 5.95. The SMILES string of the molecule is CC(C)C(=O)c1cc2nc(-c3ccc(Cl)c(P)c3)cc(C(C)(C)C)c2o1.CCCC.CCCC(C)(C)C. The average Bonchev–Trinajstić information content (AvgIpc) is 3.22. The molecular weight excluding hydrogens is 497 g/mol. The van der Waals surface area contributed by atoms with Crippen molar-refractivity contribution in [2.75, 3.05) is 0 Å². The molecule has 3 nitrogen and oxygen atoms in total. The van der Waals surface area contributed by atoms with Crippen molar-refractivity contribution in [3.05, 3.63) is 46.7 Å². The summed E-state index contributed by atoms with van der Waals surface area (Å²) in [5.74, 6) is 0.236. The fourth-order valence-electron chi connectivity index (χ4n) is 3.59. The van der Waals surface area contributed by atoms with E-state index in [1.54, 1.807) is 6.07 Å². The molecule has 0 spiro atoms. The first kappa shape index (κ1) is 33.3. The van der Waals surface area contributed by atoms with Crippen molar-refractivity contribution in [3.63, 3.8) is 0 Å². The van der Waals surface area contributed by atoms with Gasteiger partial charge in [-0.25, -0.2) is 4.98 Å². The highest BCUT2D eigenvalue weighted by molar-refractivity contribution is 7.28. The number of benzene rings is 1. The van der Waals surface area contributed by atoms with Gasteiger partial charge in [-0.1, -0.05) is 113 Å². The van der Waals surface area contributed by atoms with Crippen LogP contribution in [0.2, 0.25) is 5.02 Å². The summed E-state index contributed by atoms with van der Waals surface area (Å²) in [7, 11) is 2.64. The van der Waals surface area contributed by atoms with Gasteiger partial charge in [0, 0.05) is 28.1 Å². The zero-order valence-electron chi connectivity index (χ0n) is 25.0. The van der Waals surface area contributed by atoms with Crippen LogP contribution < -0.4 is 5.30 Å². The molecule has 0 saturated heterocycles. The molecule has 0 N–H and O–H groups in total. The molecule has 2 aromatic heterocycles. The molecule has 206 valence electrons. The Morgan fingerprint density at radius 1 is 0.973 bits per heavy atom. The van der Waals surface area contributed by atoms with Gasteiger partial charge in [-0.3, -0.25) is 4.79 Å². The van der Waals surface area contributed by atoms with Crippen molar-refractivity contribution in [2.45, 2.75) is 107 Å². The largest absolute Gasteiger partial charge is 0.451 e. The smallest absolute Gasteiger partial charge is 0.200 e. The van der Waals surface area contributed by atoms with E-state index in [9.17, 15) is 4.79 Å². The van der Waals surface area contributed by atoms with Crippen molar-refractivity contribution in [3.8, 4) is 11.3 Å². The van der Waals surface area contributed by atoms with E-state index in [-0.39, 0.29) is 17.1 Å². The molecule has 3 rings (SSSR count). The molecule has 1 unspecified atom stereocenters. The van der Waals surface area contributed by atoms with Gasteiger partial charge < -0.3 is 4.42 Å². The molecule has 0 aliphatic rings. The van der Waals surface area contributed by atoms with Crippen LogP contribution >= 0.6 is 20.8 Å². The Labute approximate surface area is 233 Å². The summed E-state index contributed by atoms with van der Waals surface area (Å²) in [6, 6.07) is 9.62. The van der Waals surface area contributed by atoms with Gasteiger partial charge in [-0.15, -0.1) is 9.24 Å². The highest BCUT2D eigenvalue weighted by Crippen LogP contribution is 2.35. The average molecular weight is 546 g/mol. The Balaban J connectivity index is 0.000000525. The molecule has 0 amide bonds. The first-order chi connectivity index (χ1) is 17.0. The summed E-state index contributed by atoms with van der Waals surface area (Å²) >= 11 is 6.14. The minimum absolute atomic E-state index is 0.0110. The molecule has 2 heterocycles. The Kier molecular flexibility index (Phi) is 13.0. The highest BCUT2D eigenvalue weighted by atomic mass is 35.5. The van der Waals surface area contributed by atoms with Crippen molar-refractivity contribution in [1.82, 2.24) is 4.98 Å². The number of carbonyl (C=O) groups excluding carboxylic acids is 1. The summed E-state index contributed by atoms with van der Waals surface area (Å²) in [4.78, 5) is 17.1. The van der Waals surface area contributed by atoms with E-state index in [0.717, 1.165) is 22.1 Å². The lowest BCUT2D eigenvalue weighted by atomic mass is 9.86. The lowest BCUT2D eigenvalue weighted by Crippen LogP contribution is -2.12. The zero-order chi connectivity index (χ0) is 28.6. The van der Waals surface area contributed by atoms with Gasteiger partial charge in [0.05, 0.1) is 5.69 Å². The van der Waals surface area contributed by atoms with E-state index in [2.05, 4.69) is 71.6 Å². The second kappa shape index (κ2) is 14.5. The van der Waals surface area contributed by atoms with E-state index < -0.39 is 0 Å². The van der Waals surface area contributed by atoms with Gasteiger partial charge >= 0.3 is 0 Å². The van der Waals surface area contributed by atoms with Crippen molar-refractivity contribution < 1.29 is 9.21 Å². The predicted octanol–water partition coefficient (Wildman–Crippen LogP) is 10.4. The van der Waals surface area contributed by atoms with Gasteiger partial charge in [0.25, 0.3) is 0 Å². The second-order valence-electron chi connectivity index (χ2n) is 12.2. The fraction of sp³-hybridized carbons (Fsp3) is 0.562. The van der Waals surface area contributed by atoms with E-state index in [0.29, 0.717) is 27.3 Å². The lowest BCUT2D eigenvalue weighted by Gasteiger charge is -2.20. The number of hydrogen-bond acceptors (Lipinski definition) is 3. The van der Waals surface area contributed by atoms with E-state index in [1.165, 1.54) is 25.7 Å². The van der Waals surface area contributed by atoms with Crippen LogP contribution in [-0.2, 0) is 5.41 Å². The standard InChI is InChI=1S/C21H23ClNO2P.C7H16.C4H10/c1-11(2)19(24)17-10-16-20(25-17)13(21(3,4)5)9-15(23-16)12-6-7-14(22)18(26)8-12;1-5-6-7(2,3)4;1-3-4-2/h6-11H,26H2,1-5H3;5-6H2,1-4H3;3-4H2,1-2H3. The summed E-state index contributed by atoms with van der Waals surface area (Å²) in [6.07, 6.45) is 5.29. The van der Waals surface area contributed by atoms with Crippen LogP contribution in [0.5, 0.6) is 0 Å². The van der Waals surface area contributed by atoms with E-state index >= 15 is 0 Å². The van der Waals surface area contributed by atoms with Crippen LogP contribution in [0.1, 0.15) is 118 Å². The number of halogens is 1. The number of aromatic nitrogens is 1. The molecule has 37 heavy (non-hydrogen) atoms. The van der Waals surface area contributed by atoms with Crippen LogP contribution in [0, 0.1) is 11.3 Å². The van der Waals surface area contributed by atoms with E-state index in [4.69, 9.17) is 21.0 Å². The van der Waals surface area contributed by atoms with Crippen molar-refractivity contribution >= 4 is 43.0 Å². The maximum Gasteiger partial charge on any atom is 0.200 e. The highest BCUT2D eigenvalue weighted by Gasteiger charge is 2.24. The molecular formula is C32H49ClNO2P. The first-order valence-corrected chi connectivity index (χ1v) is 14.6. The maximum atomic E-state index is 12.4. The van der Waals surface area contributed by atoms with Gasteiger partial charge in [0.1, 0.15) is 5.52 Å². The number of fused-ring (bicyclic) bond motifs is 1. The molecule has 0 aliphatic heterocycles. The number of ketones is 1. The number of unbranched alkanes of at least 4 members (excludes halogenated alkanes) is 1. The number of Topliss-reactive ketones (excluding diaryl/α,β-unsaturated/α-hetero) is 1. The summed E-state index contributed by atoms with van der Waals surface area (Å²) in [5.41, 5.74) is 4.64. The van der Waals surface area contributed by atoms with Crippen LogP contribution in [0.15, 0.2) is 34.7 Å². The third-order valence-electron chi connectivity index (χ3n) is 5.85. The van der Waals surface area contributed by atoms with Gasteiger partial charge in [0.2, 0.25) is 5.78 Å². The zero-order valence-corrected chi connectivity index (χ0v) is 26.9. The molecule has 0 aliphatic carbocycles. The lowest BCUT2D eigenvalue weighted by molar-refractivity contribution is 0.0913. The number of nitrogens with zero attached hydrogens (tertiary/aromatic N) is 1. The van der Waals surface area contributed by atoms with E-state index in [1.807, 2.05) is 38.1 Å². The predicted molar refractivity (Wildman–Crippen MR) is 167 cm³/mol. The van der Waals surface area contributed by atoms with Crippen LogP contribution in [-0.4, -0.2) is 10.8 Å². The molecule has 1 aromatic carbocycles. The molecule has 5 heteroatoms. The van der Waals surface area contributed by atoms with Gasteiger partial charge in [0.15, 0.2) is 11.3 Å². The van der Waals surface area contributed by atoms with Gasteiger partial charge in [-0.05, 0) is 40.8 Å². The minimum Gasteiger partial charge on any atom is -0.451 e. The normalized spacial score (nSPS) is 11.6. The molecule has 0 fully saturated rings. The fourth-order valence-corrected chi connectivity index (χ4v) is 3.98. The molecule has 0 bridgehead atoms. The Morgan fingerprint density at radius 3 is 1.97 bits per heavy atom. The number of rotatable bonds is 5. The minimum atomic E-state index is -0.151. The first-order valence-electron chi connectivity index (χ1n) is 13.6. The molecule has 3 aromatic rings. The van der Waals surface area contributed by atoms with Crippen LogP contribution in [0.25, 0.3) is 22.4 Å². The van der Waals surface area contributed by atoms with Crippen molar-refractivity contribution in [2.24, 2.45) is 11.3 Å². The second-order valence-corrected chi connectivity index (χ2v) is 13.2. The molecule has 0 radical (unpaired) electrons. The van der Waals surface area contributed by atoms with Crippen LogP contribution in [0.3, 0.4) is 0 Å². The van der Waals surface area contributed by atoms with Crippen LogP contribution in [0.4, 0.5) is 0 Å². The van der Waals surface area contributed by atoms with Gasteiger partial charge in [-0.2, -0.15) is 0 Å². The number of hydrogen-bond donors (Lipinski definition) is 0. The Bertz CT molecular complexity index is 1150. The Morgan fingerprint density at radius 2 is 1.57 bits per heavy atom. The number of pyridine rings is 1. The monoisotopic (exact) mass is 545 g/mol. The quantitative estimate of drug-likeness (QED) is 0.236. The van der Waals surface area contributed by atoms with Crippen molar-refractivity contribution in [1.29, 1.82) is 0 Å². The molecule has 0 saturated carbocycles.